The molecule has 1 unspecified atom stereocenters. The smallest absolute Gasteiger partial charge is 0.0721 e. The lowest BCUT2D eigenvalue weighted by atomic mass is 9.79. The first kappa shape index (κ1) is 9.47. The van der Waals surface area contributed by atoms with E-state index >= 15 is 0 Å². The molecule has 0 heterocycles. The SMILES string of the molecule is CC1(C)CCC(O)(C2(CN)CC2)C1. The largest absolute Gasteiger partial charge is 0.389 e. The van der Waals surface area contributed by atoms with E-state index < -0.39 is 5.60 Å². The average Bonchev–Trinajstić information content (AvgIpc) is 2.76. The summed E-state index contributed by atoms with van der Waals surface area (Å²) in [4.78, 5) is 0. The number of hydrogen-bond acceptors (Lipinski definition) is 2. The van der Waals surface area contributed by atoms with E-state index in [0.29, 0.717) is 12.0 Å². The number of aliphatic hydroxyl groups is 1. The second-order valence-corrected chi connectivity index (χ2v) is 5.86. The third-order valence-electron chi connectivity index (χ3n) is 4.22. The molecule has 0 saturated heterocycles. The fourth-order valence-corrected chi connectivity index (χ4v) is 2.98. The molecule has 13 heavy (non-hydrogen) atoms. The molecule has 0 bridgehead atoms. The molecule has 2 rings (SSSR count). The van der Waals surface area contributed by atoms with E-state index in [1.165, 1.54) is 0 Å². The average molecular weight is 183 g/mol. The summed E-state index contributed by atoms with van der Waals surface area (Å²) in [6, 6.07) is 0. The molecule has 76 valence electrons. The molecule has 2 nitrogen and oxygen atoms in total. The van der Waals surface area contributed by atoms with E-state index in [2.05, 4.69) is 13.8 Å². The quantitative estimate of drug-likeness (QED) is 0.684. The maximum Gasteiger partial charge on any atom is 0.0721 e. The Morgan fingerprint density at radius 1 is 1.15 bits per heavy atom. The number of nitrogens with two attached hydrogens (primary N) is 1. The third-order valence-corrected chi connectivity index (χ3v) is 4.22. The van der Waals surface area contributed by atoms with Gasteiger partial charge in [-0.2, -0.15) is 0 Å². The summed E-state index contributed by atoms with van der Waals surface area (Å²) in [5.41, 5.74) is 5.74. The molecule has 2 aliphatic rings. The van der Waals surface area contributed by atoms with Crippen LogP contribution in [0.3, 0.4) is 0 Å². The summed E-state index contributed by atoms with van der Waals surface area (Å²) < 4.78 is 0. The van der Waals surface area contributed by atoms with Crippen LogP contribution in [0.25, 0.3) is 0 Å². The van der Waals surface area contributed by atoms with E-state index in [1.807, 2.05) is 0 Å². The van der Waals surface area contributed by atoms with Gasteiger partial charge in [-0.25, -0.2) is 0 Å². The van der Waals surface area contributed by atoms with Crippen LogP contribution in [0.4, 0.5) is 0 Å². The van der Waals surface area contributed by atoms with E-state index in [0.717, 1.165) is 32.1 Å². The molecule has 0 aromatic rings. The first-order chi connectivity index (χ1) is 5.93. The van der Waals surface area contributed by atoms with E-state index in [-0.39, 0.29) is 5.41 Å². The molecule has 0 radical (unpaired) electrons. The Hall–Kier alpha value is -0.0800. The van der Waals surface area contributed by atoms with Gasteiger partial charge in [-0.15, -0.1) is 0 Å². The van der Waals surface area contributed by atoms with Crippen molar-refractivity contribution in [3.8, 4) is 0 Å². The van der Waals surface area contributed by atoms with Crippen LogP contribution in [0.5, 0.6) is 0 Å². The summed E-state index contributed by atoms with van der Waals surface area (Å²) in [6.45, 7) is 5.16. The van der Waals surface area contributed by atoms with Gasteiger partial charge < -0.3 is 10.8 Å². The molecule has 2 fully saturated rings. The predicted octanol–water partition coefficient (Wildman–Crippen LogP) is 1.67. The summed E-state index contributed by atoms with van der Waals surface area (Å²) >= 11 is 0. The van der Waals surface area contributed by atoms with Crippen molar-refractivity contribution in [2.45, 2.75) is 51.6 Å². The lowest BCUT2D eigenvalue weighted by molar-refractivity contribution is -0.0307. The van der Waals surface area contributed by atoms with Gasteiger partial charge in [-0.05, 0) is 37.5 Å². The Bertz CT molecular complexity index is 220. The minimum absolute atomic E-state index is 0.0980. The van der Waals surface area contributed by atoms with Crippen LogP contribution in [0, 0.1) is 10.8 Å². The maximum absolute atomic E-state index is 10.5. The second kappa shape index (κ2) is 2.48. The van der Waals surface area contributed by atoms with Crippen LogP contribution in [-0.2, 0) is 0 Å². The van der Waals surface area contributed by atoms with Crippen molar-refractivity contribution >= 4 is 0 Å². The molecule has 2 saturated carbocycles. The van der Waals surface area contributed by atoms with E-state index in [4.69, 9.17) is 5.73 Å². The van der Waals surface area contributed by atoms with Crippen LogP contribution >= 0.6 is 0 Å². The van der Waals surface area contributed by atoms with Gasteiger partial charge in [0.1, 0.15) is 0 Å². The van der Waals surface area contributed by atoms with Crippen LogP contribution < -0.4 is 5.73 Å². The molecule has 3 N–H and O–H groups in total. The molecule has 0 aromatic heterocycles. The predicted molar refractivity (Wildman–Crippen MR) is 53.3 cm³/mol. The van der Waals surface area contributed by atoms with Crippen molar-refractivity contribution < 1.29 is 5.11 Å². The third kappa shape index (κ3) is 1.31. The summed E-state index contributed by atoms with van der Waals surface area (Å²) in [5.74, 6) is 0. The molecule has 1 atom stereocenters. The Balaban J connectivity index is 2.15. The van der Waals surface area contributed by atoms with Crippen molar-refractivity contribution in [3.63, 3.8) is 0 Å². The highest BCUT2D eigenvalue weighted by molar-refractivity contribution is 5.13. The van der Waals surface area contributed by atoms with Crippen molar-refractivity contribution in [3.05, 3.63) is 0 Å². The minimum atomic E-state index is -0.439. The summed E-state index contributed by atoms with van der Waals surface area (Å²) in [6.07, 6.45) is 5.31. The molecule has 2 aliphatic carbocycles. The van der Waals surface area contributed by atoms with Gasteiger partial charge in [0, 0.05) is 12.0 Å². The van der Waals surface area contributed by atoms with Crippen LogP contribution in [0.2, 0.25) is 0 Å². The van der Waals surface area contributed by atoms with Crippen LogP contribution in [0.1, 0.15) is 46.0 Å². The first-order valence-corrected chi connectivity index (χ1v) is 5.36. The van der Waals surface area contributed by atoms with Crippen LogP contribution in [0.15, 0.2) is 0 Å². The normalized spacial score (nSPS) is 40.6. The van der Waals surface area contributed by atoms with Gasteiger partial charge in [0.2, 0.25) is 0 Å². The van der Waals surface area contributed by atoms with Gasteiger partial charge in [-0.1, -0.05) is 13.8 Å². The van der Waals surface area contributed by atoms with Gasteiger partial charge in [0.25, 0.3) is 0 Å². The standard InChI is InChI=1S/C11H21NO/c1-9(2)3-6-11(13,7-9)10(8-12)4-5-10/h13H,3-8,12H2,1-2H3. The van der Waals surface area contributed by atoms with Gasteiger partial charge in [-0.3, -0.25) is 0 Å². The molecule has 0 aliphatic heterocycles. The monoisotopic (exact) mass is 183 g/mol. The number of rotatable bonds is 2. The summed E-state index contributed by atoms with van der Waals surface area (Å²) in [7, 11) is 0. The zero-order valence-corrected chi connectivity index (χ0v) is 8.77. The molecular weight excluding hydrogens is 162 g/mol. The van der Waals surface area contributed by atoms with Crippen molar-refractivity contribution in [1.82, 2.24) is 0 Å². The van der Waals surface area contributed by atoms with E-state index in [9.17, 15) is 5.11 Å². The van der Waals surface area contributed by atoms with Crippen LogP contribution in [-0.4, -0.2) is 17.3 Å². The lowest BCUT2D eigenvalue weighted by Gasteiger charge is -2.33. The topological polar surface area (TPSA) is 46.2 Å². The van der Waals surface area contributed by atoms with Gasteiger partial charge >= 0.3 is 0 Å². The van der Waals surface area contributed by atoms with Gasteiger partial charge in [0.05, 0.1) is 5.60 Å². The molecule has 0 aromatic carbocycles. The van der Waals surface area contributed by atoms with Crippen molar-refractivity contribution in [2.75, 3.05) is 6.54 Å². The molecule has 0 spiro atoms. The zero-order valence-electron chi connectivity index (χ0n) is 8.77. The molecule has 0 amide bonds. The van der Waals surface area contributed by atoms with Crippen molar-refractivity contribution in [2.24, 2.45) is 16.6 Å². The highest BCUT2D eigenvalue weighted by Gasteiger charge is 2.61. The Morgan fingerprint density at radius 3 is 2.08 bits per heavy atom. The maximum atomic E-state index is 10.5. The lowest BCUT2D eigenvalue weighted by Crippen LogP contribution is -2.42. The van der Waals surface area contributed by atoms with Crippen molar-refractivity contribution in [1.29, 1.82) is 0 Å². The Morgan fingerprint density at radius 2 is 1.77 bits per heavy atom. The summed E-state index contributed by atoms with van der Waals surface area (Å²) in [5, 5.41) is 10.5. The number of hydrogen-bond donors (Lipinski definition) is 2. The fourth-order valence-electron chi connectivity index (χ4n) is 2.98. The molecule has 2 heteroatoms. The minimum Gasteiger partial charge on any atom is -0.389 e. The Kier molecular flexibility index (Phi) is 1.81. The highest BCUT2D eigenvalue weighted by Crippen LogP contribution is 2.62. The Labute approximate surface area is 80.5 Å². The molecular formula is C11H21NO. The van der Waals surface area contributed by atoms with E-state index in [1.54, 1.807) is 0 Å². The fraction of sp³-hybridized carbons (Fsp3) is 1.00. The highest BCUT2D eigenvalue weighted by atomic mass is 16.3. The second-order valence-electron chi connectivity index (χ2n) is 5.86. The zero-order chi connectivity index (χ0) is 9.74. The van der Waals surface area contributed by atoms with Gasteiger partial charge in [0.15, 0.2) is 0 Å². The first-order valence-electron chi connectivity index (χ1n) is 5.36.